The van der Waals surface area contributed by atoms with Gasteiger partial charge in [0.1, 0.15) is 30.2 Å². The van der Waals surface area contributed by atoms with Crippen molar-refractivity contribution >= 4 is 65.2 Å². The summed E-state index contributed by atoms with van der Waals surface area (Å²) in [6, 6.07) is -11.3. The molecule has 0 fully saturated rings. The SMILES string of the molecule is CC(C)C[C@H](NC(=O)[C@H](CC(=O)O)NC(=O)[C@H](CC(=O)O)NC(=O)[C@H](CC(C)C)NC(=O)[C@@H](N)CCCN=C(N)N)C(=O)N[C@@H](CCC(N)=O)C(=O)N[C@H](C(=O)O)[C@@H](C)O. The molecule has 0 radical (unpaired) electrons. The lowest BCUT2D eigenvalue weighted by Gasteiger charge is -2.28. The van der Waals surface area contributed by atoms with Gasteiger partial charge in [0, 0.05) is 13.0 Å². The smallest absolute Gasteiger partial charge is 0.328 e. The Balaban J connectivity index is 6.36. The molecule has 60 heavy (non-hydrogen) atoms. The number of nitrogens with two attached hydrogens (primary N) is 4. The van der Waals surface area contributed by atoms with E-state index < -0.39 is 133 Å². The molecule has 25 heteroatoms. The number of aliphatic carboxylic acids is 3. The summed E-state index contributed by atoms with van der Waals surface area (Å²) < 4.78 is 0. The maximum Gasteiger partial charge on any atom is 0.328 e. The van der Waals surface area contributed by atoms with Gasteiger partial charge in [-0.25, -0.2) is 4.79 Å². The van der Waals surface area contributed by atoms with Crippen LogP contribution in [0.4, 0.5) is 0 Å². The predicted octanol–water partition coefficient (Wildman–Crippen LogP) is -4.95. The molecule has 0 heterocycles. The van der Waals surface area contributed by atoms with Gasteiger partial charge in [0.05, 0.1) is 25.0 Å². The third kappa shape index (κ3) is 22.2. The van der Waals surface area contributed by atoms with E-state index in [4.69, 9.17) is 22.9 Å². The van der Waals surface area contributed by atoms with Crippen molar-refractivity contribution in [3.63, 3.8) is 0 Å². The van der Waals surface area contributed by atoms with Gasteiger partial charge in [-0.05, 0) is 50.9 Å². The average molecular weight is 860 g/mol. The summed E-state index contributed by atoms with van der Waals surface area (Å²) >= 11 is 0. The minimum atomic E-state index is -1.98. The van der Waals surface area contributed by atoms with Gasteiger partial charge in [-0.2, -0.15) is 0 Å². The maximum atomic E-state index is 13.6. The van der Waals surface area contributed by atoms with Crippen molar-refractivity contribution in [3.05, 3.63) is 0 Å². The fraction of sp³-hybridized carbons (Fsp3) is 0.686. The Hall–Kier alpha value is -6.11. The van der Waals surface area contributed by atoms with Crippen molar-refractivity contribution in [1.29, 1.82) is 0 Å². The first-order chi connectivity index (χ1) is 27.7. The number of carboxylic acids is 3. The molecule has 8 atom stereocenters. The van der Waals surface area contributed by atoms with Gasteiger partial charge in [0.2, 0.25) is 41.4 Å². The van der Waals surface area contributed by atoms with Crippen LogP contribution in [0, 0.1) is 11.8 Å². The van der Waals surface area contributed by atoms with Crippen LogP contribution in [0.5, 0.6) is 0 Å². The van der Waals surface area contributed by atoms with E-state index in [9.17, 15) is 68.4 Å². The van der Waals surface area contributed by atoms with E-state index >= 15 is 0 Å². The minimum absolute atomic E-state index is 0.00873. The van der Waals surface area contributed by atoms with Crippen molar-refractivity contribution in [2.45, 2.75) is 134 Å². The van der Waals surface area contributed by atoms with Crippen LogP contribution < -0.4 is 54.8 Å². The summed E-state index contributed by atoms with van der Waals surface area (Å²) in [5, 5.41) is 51.7. The lowest BCUT2D eigenvalue weighted by Crippen LogP contribution is -2.60. The Bertz CT molecular complexity index is 1570. The third-order valence-corrected chi connectivity index (χ3v) is 8.37. The van der Waals surface area contributed by atoms with E-state index in [1.807, 2.05) is 5.32 Å². The number of hydrogen-bond donors (Lipinski definition) is 14. The number of rotatable bonds is 29. The second kappa shape index (κ2) is 26.8. The molecule has 0 aromatic rings. The molecule has 0 unspecified atom stereocenters. The van der Waals surface area contributed by atoms with Crippen molar-refractivity contribution in [2.24, 2.45) is 39.8 Å². The molecule has 0 rings (SSSR count). The first-order valence-electron chi connectivity index (χ1n) is 19.0. The zero-order valence-corrected chi connectivity index (χ0v) is 34.3. The van der Waals surface area contributed by atoms with E-state index in [1.54, 1.807) is 27.7 Å². The highest BCUT2D eigenvalue weighted by atomic mass is 16.4. The Labute approximate surface area is 345 Å². The van der Waals surface area contributed by atoms with Crippen LogP contribution in [-0.4, -0.2) is 141 Å². The van der Waals surface area contributed by atoms with E-state index in [2.05, 4.69) is 31.6 Å². The second-order valence-electron chi connectivity index (χ2n) is 14.9. The fourth-order valence-corrected chi connectivity index (χ4v) is 5.39. The van der Waals surface area contributed by atoms with Gasteiger partial charge in [0.15, 0.2) is 12.0 Å². The summed E-state index contributed by atoms with van der Waals surface area (Å²) in [5.41, 5.74) is 21.7. The fourth-order valence-electron chi connectivity index (χ4n) is 5.39. The van der Waals surface area contributed by atoms with Crippen LogP contribution in [0.1, 0.15) is 86.0 Å². The number of aliphatic imine (C=N–C) groups is 1. The van der Waals surface area contributed by atoms with Gasteiger partial charge in [-0.3, -0.25) is 48.1 Å². The van der Waals surface area contributed by atoms with Gasteiger partial charge in [-0.15, -0.1) is 0 Å². The normalized spacial score (nSPS) is 15.0. The van der Waals surface area contributed by atoms with Crippen molar-refractivity contribution in [3.8, 4) is 0 Å². The lowest BCUT2D eigenvalue weighted by molar-refractivity contribution is -0.145. The molecule has 0 spiro atoms. The highest BCUT2D eigenvalue weighted by molar-refractivity contribution is 5.99. The molecule has 0 aliphatic rings. The summed E-state index contributed by atoms with van der Waals surface area (Å²) in [4.78, 5) is 130. The zero-order valence-electron chi connectivity index (χ0n) is 34.3. The highest BCUT2D eigenvalue weighted by Crippen LogP contribution is 2.11. The number of carboxylic acid groups (broad SMARTS) is 3. The number of aliphatic hydroxyl groups is 1. The molecule has 0 saturated heterocycles. The molecule has 25 nitrogen and oxygen atoms in total. The Morgan fingerprint density at radius 3 is 1.30 bits per heavy atom. The number of nitrogens with zero attached hydrogens (tertiary/aromatic N) is 1. The van der Waals surface area contributed by atoms with Crippen LogP contribution in [0.3, 0.4) is 0 Å². The summed E-state index contributed by atoms with van der Waals surface area (Å²) in [6.07, 6.45) is -4.35. The molecule has 18 N–H and O–H groups in total. The van der Waals surface area contributed by atoms with Crippen LogP contribution >= 0.6 is 0 Å². The Morgan fingerprint density at radius 2 is 0.933 bits per heavy atom. The number of primary amides is 1. The van der Waals surface area contributed by atoms with Crippen molar-refractivity contribution in [1.82, 2.24) is 31.9 Å². The molecular formula is C35H61N11O14. The van der Waals surface area contributed by atoms with E-state index in [0.29, 0.717) is 6.42 Å². The largest absolute Gasteiger partial charge is 0.481 e. The number of amides is 7. The van der Waals surface area contributed by atoms with Gasteiger partial charge < -0.3 is 75.3 Å². The minimum Gasteiger partial charge on any atom is -0.481 e. The first kappa shape index (κ1) is 53.9. The Morgan fingerprint density at radius 1 is 0.550 bits per heavy atom. The molecule has 0 aromatic carbocycles. The van der Waals surface area contributed by atoms with Crippen molar-refractivity contribution < 1.29 is 68.4 Å². The monoisotopic (exact) mass is 859 g/mol. The first-order valence-corrected chi connectivity index (χ1v) is 19.0. The van der Waals surface area contributed by atoms with Gasteiger partial charge in [0.25, 0.3) is 0 Å². The maximum absolute atomic E-state index is 13.6. The predicted molar refractivity (Wildman–Crippen MR) is 211 cm³/mol. The number of carbonyl (C=O) groups excluding carboxylic acids is 7. The van der Waals surface area contributed by atoms with Gasteiger partial charge in [-0.1, -0.05) is 27.7 Å². The molecule has 340 valence electrons. The highest BCUT2D eigenvalue weighted by Gasteiger charge is 2.36. The molecule has 7 amide bonds. The average Bonchev–Trinajstić information content (AvgIpc) is 3.11. The number of aliphatic hydroxyl groups excluding tert-OH is 1. The van der Waals surface area contributed by atoms with E-state index in [-0.39, 0.29) is 43.6 Å². The van der Waals surface area contributed by atoms with Crippen LogP contribution in [-0.2, 0) is 47.9 Å². The van der Waals surface area contributed by atoms with Crippen LogP contribution in [0.15, 0.2) is 4.99 Å². The van der Waals surface area contributed by atoms with E-state index in [0.717, 1.165) is 6.92 Å². The molecule has 0 aliphatic carbocycles. The summed E-state index contributed by atoms with van der Waals surface area (Å²) in [7, 11) is 0. The molecule has 0 saturated carbocycles. The molecule has 0 aromatic heterocycles. The number of hydrogen-bond acceptors (Lipinski definition) is 13. The lowest BCUT2D eigenvalue weighted by atomic mass is 10.0. The van der Waals surface area contributed by atoms with E-state index in [1.165, 1.54) is 0 Å². The number of nitrogens with one attached hydrogen (secondary N) is 6. The quantitative estimate of drug-likeness (QED) is 0.0190. The second-order valence-corrected chi connectivity index (χ2v) is 14.9. The topological polar surface area (TPSA) is 440 Å². The zero-order chi connectivity index (χ0) is 46.4. The third-order valence-electron chi connectivity index (χ3n) is 8.37. The Kier molecular flexibility index (Phi) is 24.1. The van der Waals surface area contributed by atoms with Crippen LogP contribution in [0.2, 0.25) is 0 Å². The molecule has 0 bridgehead atoms. The molecular weight excluding hydrogens is 798 g/mol. The number of carbonyl (C=O) groups is 10. The van der Waals surface area contributed by atoms with Crippen molar-refractivity contribution in [2.75, 3.05) is 6.54 Å². The number of guanidine groups is 1. The molecule has 0 aliphatic heterocycles. The van der Waals surface area contributed by atoms with Crippen LogP contribution in [0.25, 0.3) is 0 Å². The summed E-state index contributed by atoms with van der Waals surface area (Å²) in [6.45, 7) is 7.96. The summed E-state index contributed by atoms with van der Waals surface area (Å²) in [5.74, 6) is -13.0. The van der Waals surface area contributed by atoms with Gasteiger partial charge >= 0.3 is 17.9 Å². The standard InChI is InChI=1S/C35H61N11O14/c1-15(2)11-20(42-28(53)18(36)7-6-10-40-35(38)39)31(56)44-23(14-26(51)52)33(58)45-22(13-25(49)50)32(57)43-21(12-16(3)4)30(55)41-19(8-9-24(37)48)29(54)46-27(17(5)47)34(59)60/h15-23,27,47H,6-14,36H2,1-5H3,(H2,37,48)(H,41,55)(H,42,53)(H,43,57)(H,44,56)(H,45,58)(H,46,54)(H,49,50)(H,51,52)(H,59,60)(H4,38,39,40)/t17-,18+,19+,20+,21+,22+,23+,27+/m1/s1.